The highest BCUT2D eigenvalue weighted by Crippen LogP contribution is 2.23. The van der Waals surface area contributed by atoms with Crippen molar-refractivity contribution in [2.24, 2.45) is 20.5 Å². The number of ether oxygens (including phenoxy) is 2. The van der Waals surface area contributed by atoms with Gasteiger partial charge < -0.3 is 9.47 Å². The van der Waals surface area contributed by atoms with Crippen LogP contribution in [0.5, 0.6) is 0 Å². The number of azide groups is 4. The van der Waals surface area contributed by atoms with Gasteiger partial charge in [-0.2, -0.15) is 0 Å². The van der Waals surface area contributed by atoms with E-state index in [4.69, 9.17) is 31.6 Å². The maximum atomic E-state index is 12.6. The van der Waals surface area contributed by atoms with Gasteiger partial charge in [-0.25, -0.2) is 9.59 Å². The number of esters is 1. The van der Waals surface area contributed by atoms with E-state index in [2.05, 4.69) is 40.1 Å². The Hall–Kier alpha value is -4.02. The molecule has 28 heavy (non-hydrogen) atoms. The third-order valence-corrected chi connectivity index (χ3v) is 3.66. The first kappa shape index (κ1) is 22.0. The second-order valence-electron chi connectivity index (χ2n) is 5.39. The number of hydrogen-bond donors (Lipinski definition) is 0. The van der Waals surface area contributed by atoms with E-state index in [1.165, 1.54) is 0 Å². The molecule has 0 aliphatic carbocycles. The zero-order valence-corrected chi connectivity index (χ0v) is 14.5. The number of rotatable bonds is 10. The normalized spacial score (nSPS) is 16.9. The SMILES string of the molecule is [N-]=[N+]=NCOC(=O)[C@@H]1CCCN1C(=O)OC(CN=[N+]=[N-])(CN=[N+]=[N-])CN=[N+]=[N-]. The van der Waals surface area contributed by atoms with E-state index in [-0.39, 0.29) is 6.54 Å². The first-order valence-corrected chi connectivity index (χ1v) is 7.73. The topological polar surface area (TPSA) is 251 Å². The fourth-order valence-electron chi connectivity index (χ4n) is 2.42. The van der Waals surface area contributed by atoms with Crippen molar-refractivity contribution in [3.63, 3.8) is 0 Å². The van der Waals surface area contributed by atoms with Crippen molar-refractivity contribution in [1.29, 1.82) is 0 Å². The molecule has 17 heteroatoms. The minimum absolute atomic E-state index is 0.167. The van der Waals surface area contributed by atoms with Gasteiger partial charge in [0.25, 0.3) is 0 Å². The third kappa shape index (κ3) is 6.37. The van der Waals surface area contributed by atoms with Gasteiger partial charge in [0.1, 0.15) is 11.6 Å². The highest BCUT2D eigenvalue weighted by molar-refractivity contribution is 5.82. The van der Waals surface area contributed by atoms with Crippen molar-refractivity contribution in [1.82, 2.24) is 4.90 Å². The van der Waals surface area contributed by atoms with Crippen molar-refractivity contribution >= 4 is 12.1 Å². The van der Waals surface area contributed by atoms with Crippen LogP contribution in [-0.4, -0.2) is 61.5 Å². The highest BCUT2D eigenvalue weighted by Gasteiger charge is 2.40. The highest BCUT2D eigenvalue weighted by atomic mass is 16.6. The van der Waals surface area contributed by atoms with Crippen molar-refractivity contribution in [2.45, 2.75) is 24.5 Å². The maximum absolute atomic E-state index is 12.6. The standard InChI is InChI=1S/C11H15N13O4/c12-20-16-4-11(5-17-21-13,6-18-22-14)28-10(26)24-3-1-2-8(24)9(25)27-7-19-23-15/h8H,1-7H2/t8-/m0/s1. The number of carbonyl (C=O) groups excluding carboxylic acids is 2. The van der Waals surface area contributed by atoms with Crippen LogP contribution in [0, 0.1) is 0 Å². The van der Waals surface area contributed by atoms with Gasteiger partial charge in [0.2, 0.25) is 0 Å². The molecule has 0 spiro atoms. The van der Waals surface area contributed by atoms with Gasteiger partial charge in [-0.1, -0.05) is 20.5 Å². The Morgan fingerprint density at radius 1 is 0.964 bits per heavy atom. The molecule has 1 heterocycles. The molecular formula is C11H15N13O4. The summed E-state index contributed by atoms with van der Waals surface area (Å²) >= 11 is 0. The molecule has 1 rings (SSSR count). The fraction of sp³-hybridized carbons (Fsp3) is 0.818. The molecule has 0 bridgehead atoms. The molecule has 1 amide bonds. The number of hydrogen-bond acceptors (Lipinski definition) is 8. The van der Waals surface area contributed by atoms with Gasteiger partial charge in [-0.15, -0.1) is 0 Å². The van der Waals surface area contributed by atoms with Crippen molar-refractivity contribution < 1.29 is 19.1 Å². The molecule has 0 aromatic rings. The monoisotopic (exact) mass is 393 g/mol. The summed E-state index contributed by atoms with van der Waals surface area (Å²) in [5.41, 5.74) is 32.1. The first-order valence-electron chi connectivity index (χ1n) is 7.73. The Morgan fingerprint density at radius 3 is 2.00 bits per heavy atom. The second-order valence-corrected chi connectivity index (χ2v) is 5.39. The second kappa shape index (κ2) is 11.6. The maximum Gasteiger partial charge on any atom is 0.411 e. The molecule has 0 N–H and O–H groups in total. The first-order chi connectivity index (χ1) is 13.5. The van der Waals surface area contributed by atoms with Gasteiger partial charge in [0.15, 0.2) is 6.73 Å². The summed E-state index contributed by atoms with van der Waals surface area (Å²) in [5, 5.41) is 13.0. The van der Waals surface area contributed by atoms with E-state index >= 15 is 0 Å². The Morgan fingerprint density at radius 2 is 1.50 bits per heavy atom. The zero-order valence-electron chi connectivity index (χ0n) is 14.5. The van der Waals surface area contributed by atoms with Crippen LogP contribution in [0.15, 0.2) is 20.5 Å². The lowest BCUT2D eigenvalue weighted by Gasteiger charge is -2.32. The van der Waals surface area contributed by atoms with Crippen molar-refractivity contribution in [3.8, 4) is 0 Å². The third-order valence-electron chi connectivity index (χ3n) is 3.66. The van der Waals surface area contributed by atoms with Crippen molar-refractivity contribution in [3.05, 3.63) is 41.8 Å². The molecule has 0 aromatic heterocycles. The van der Waals surface area contributed by atoms with E-state index in [1.54, 1.807) is 0 Å². The van der Waals surface area contributed by atoms with E-state index < -0.39 is 50.1 Å². The number of likely N-dealkylation sites (tertiary alicyclic amines) is 1. The van der Waals surface area contributed by atoms with Crippen LogP contribution in [0.1, 0.15) is 12.8 Å². The molecule has 1 saturated heterocycles. The number of amides is 1. The Labute approximate surface area is 156 Å². The lowest BCUT2D eigenvalue weighted by molar-refractivity contribution is -0.148. The summed E-state index contributed by atoms with van der Waals surface area (Å²) in [6, 6.07) is -0.975. The molecule has 0 radical (unpaired) electrons. The summed E-state index contributed by atoms with van der Waals surface area (Å²) in [6.45, 7) is -1.75. The van der Waals surface area contributed by atoms with E-state index in [1.807, 2.05) is 0 Å². The summed E-state index contributed by atoms with van der Waals surface area (Å²) in [5.74, 6) is -0.785. The summed E-state index contributed by atoms with van der Waals surface area (Å²) in [6.07, 6.45) is -0.204. The van der Waals surface area contributed by atoms with Gasteiger partial charge in [0.05, 0.1) is 19.6 Å². The van der Waals surface area contributed by atoms with E-state index in [0.717, 1.165) is 4.90 Å². The minimum atomic E-state index is -1.72. The average Bonchev–Trinajstić information content (AvgIpc) is 3.19. The van der Waals surface area contributed by atoms with E-state index in [9.17, 15) is 9.59 Å². The van der Waals surface area contributed by atoms with Gasteiger partial charge in [-0.05, 0) is 35.0 Å². The van der Waals surface area contributed by atoms with Crippen molar-refractivity contribution in [2.75, 3.05) is 32.9 Å². The Bertz CT molecular complexity index is 723. The van der Waals surface area contributed by atoms with Gasteiger partial charge >= 0.3 is 12.1 Å². The molecule has 0 aromatic carbocycles. The summed E-state index contributed by atoms with van der Waals surface area (Å²) in [4.78, 5) is 35.9. The molecule has 1 aliphatic heterocycles. The lowest BCUT2D eigenvalue weighted by atomic mass is 10.1. The van der Waals surface area contributed by atoms with Crippen LogP contribution in [0.3, 0.4) is 0 Å². The average molecular weight is 393 g/mol. The van der Waals surface area contributed by atoms with E-state index in [0.29, 0.717) is 12.8 Å². The quantitative estimate of drug-likeness (QED) is 0.234. The predicted molar refractivity (Wildman–Crippen MR) is 91.1 cm³/mol. The Balaban J connectivity index is 3.01. The van der Waals surface area contributed by atoms with Crippen LogP contribution >= 0.6 is 0 Å². The summed E-state index contributed by atoms with van der Waals surface area (Å²) in [7, 11) is 0. The molecule has 1 fully saturated rings. The molecule has 0 saturated carbocycles. The summed E-state index contributed by atoms with van der Waals surface area (Å²) < 4.78 is 10.1. The van der Waals surface area contributed by atoms with Gasteiger partial charge in [0, 0.05) is 26.2 Å². The molecular weight excluding hydrogens is 378 g/mol. The van der Waals surface area contributed by atoms with Crippen LogP contribution in [-0.2, 0) is 14.3 Å². The molecule has 17 nitrogen and oxygen atoms in total. The predicted octanol–water partition coefficient (Wildman–Crippen LogP) is 3.07. The number of nitrogens with zero attached hydrogens (tertiary/aromatic N) is 13. The molecule has 1 atom stereocenters. The Kier molecular flexibility index (Phi) is 9.10. The molecule has 148 valence electrons. The fourth-order valence-corrected chi connectivity index (χ4v) is 2.42. The van der Waals surface area contributed by atoms with Crippen LogP contribution in [0.4, 0.5) is 4.79 Å². The zero-order chi connectivity index (χ0) is 20.8. The largest absolute Gasteiger partial charge is 0.458 e. The molecule has 1 aliphatic rings. The van der Waals surface area contributed by atoms with Gasteiger partial charge in [-0.3, -0.25) is 4.90 Å². The lowest BCUT2D eigenvalue weighted by Crippen LogP contribution is -2.50. The smallest absolute Gasteiger partial charge is 0.411 e. The van der Waals surface area contributed by atoms with Crippen LogP contribution < -0.4 is 0 Å². The van der Waals surface area contributed by atoms with Crippen LogP contribution in [0.2, 0.25) is 0 Å². The molecule has 0 unspecified atom stereocenters. The number of carbonyl (C=O) groups is 2. The van der Waals surface area contributed by atoms with Crippen LogP contribution in [0.25, 0.3) is 41.8 Å². The minimum Gasteiger partial charge on any atom is -0.458 e.